The lowest BCUT2D eigenvalue weighted by Gasteiger charge is -2.29. The Labute approximate surface area is 135 Å². The van der Waals surface area contributed by atoms with Gasteiger partial charge in [0, 0.05) is 30.3 Å². The maximum absolute atomic E-state index is 12.3. The van der Waals surface area contributed by atoms with Gasteiger partial charge in [0.05, 0.1) is 11.8 Å². The zero-order valence-electron chi connectivity index (χ0n) is 13.1. The second-order valence-electron chi connectivity index (χ2n) is 5.74. The van der Waals surface area contributed by atoms with E-state index < -0.39 is 0 Å². The Morgan fingerprint density at radius 2 is 2.00 bits per heavy atom. The van der Waals surface area contributed by atoms with Gasteiger partial charge in [-0.1, -0.05) is 0 Å². The highest BCUT2D eigenvalue weighted by Crippen LogP contribution is 2.22. The van der Waals surface area contributed by atoms with Crippen LogP contribution in [0.2, 0.25) is 0 Å². The fourth-order valence-electron chi connectivity index (χ4n) is 2.83. The van der Waals surface area contributed by atoms with Gasteiger partial charge in [0.1, 0.15) is 6.10 Å². The maximum atomic E-state index is 12.3. The van der Waals surface area contributed by atoms with Crippen molar-refractivity contribution in [2.75, 3.05) is 0 Å². The van der Waals surface area contributed by atoms with E-state index in [0.717, 1.165) is 31.4 Å². The number of hydrogen-bond donors (Lipinski definition) is 1. The molecular weight excluding hydrogens is 292 g/mol. The van der Waals surface area contributed by atoms with Crippen LogP contribution in [-0.2, 0) is 0 Å². The first-order valence-electron chi connectivity index (χ1n) is 7.87. The standard InChI is InChI=1S/C17H20N4O2/c1-12-15(3-2-8-19-12)17(22)21-13-4-6-14(7-5-13)23-16-11-18-9-10-20-16/h2-3,8-11,13-14H,4-7H2,1H3,(H,21,22). The Bertz CT molecular complexity index is 655. The third-order valence-corrected chi connectivity index (χ3v) is 4.09. The van der Waals surface area contributed by atoms with Crippen LogP contribution in [0.4, 0.5) is 0 Å². The largest absolute Gasteiger partial charge is 0.473 e. The van der Waals surface area contributed by atoms with E-state index in [4.69, 9.17) is 4.74 Å². The molecule has 0 aromatic carbocycles. The van der Waals surface area contributed by atoms with Crippen molar-refractivity contribution in [2.45, 2.75) is 44.8 Å². The topological polar surface area (TPSA) is 77.0 Å². The van der Waals surface area contributed by atoms with Gasteiger partial charge in [-0.2, -0.15) is 0 Å². The van der Waals surface area contributed by atoms with E-state index in [1.165, 1.54) is 0 Å². The van der Waals surface area contributed by atoms with Gasteiger partial charge in [0.2, 0.25) is 5.88 Å². The van der Waals surface area contributed by atoms with Crippen molar-refractivity contribution >= 4 is 5.91 Å². The summed E-state index contributed by atoms with van der Waals surface area (Å²) < 4.78 is 5.82. The van der Waals surface area contributed by atoms with Crippen molar-refractivity contribution in [3.8, 4) is 5.88 Å². The summed E-state index contributed by atoms with van der Waals surface area (Å²) in [7, 11) is 0. The molecule has 0 spiro atoms. The van der Waals surface area contributed by atoms with Crippen molar-refractivity contribution in [1.29, 1.82) is 0 Å². The Morgan fingerprint density at radius 3 is 2.70 bits per heavy atom. The van der Waals surface area contributed by atoms with Crippen molar-refractivity contribution in [1.82, 2.24) is 20.3 Å². The molecule has 0 aliphatic heterocycles. The normalized spacial score (nSPS) is 20.7. The zero-order chi connectivity index (χ0) is 16.1. The lowest BCUT2D eigenvalue weighted by Crippen LogP contribution is -2.40. The first kappa shape index (κ1) is 15.4. The summed E-state index contributed by atoms with van der Waals surface area (Å²) in [5, 5.41) is 3.10. The molecule has 0 saturated heterocycles. The Balaban J connectivity index is 1.49. The highest BCUT2D eigenvalue weighted by Gasteiger charge is 2.24. The van der Waals surface area contributed by atoms with Crippen LogP contribution in [0.25, 0.3) is 0 Å². The molecule has 1 fully saturated rings. The molecule has 0 atom stereocenters. The van der Waals surface area contributed by atoms with Gasteiger partial charge >= 0.3 is 0 Å². The summed E-state index contributed by atoms with van der Waals surface area (Å²) in [6.07, 6.45) is 10.3. The molecule has 1 aliphatic carbocycles. The summed E-state index contributed by atoms with van der Waals surface area (Å²) in [6.45, 7) is 1.85. The maximum Gasteiger partial charge on any atom is 0.253 e. The molecule has 0 unspecified atom stereocenters. The molecule has 0 radical (unpaired) electrons. The van der Waals surface area contributed by atoms with Crippen LogP contribution in [-0.4, -0.2) is 33.0 Å². The van der Waals surface area contributed by atoms with Gasteiger partial charge in [0.15, 0.2) is 0 Å². The van der Waals surface area contributed by atoms with Gasteiger partial charge in [-0.25, -0.2) is 4.98 Å². The minimum atomic E-state index is -0.0473. The van der Waals surface area contributed by atoms with E-state index in [0.29, 0.717) is 11.4 Å². The van der Waals surface area contributed by atoms with Gasteiger partial charge in [-0.15, -0.1) is 0 Å². The van der Waals surface area contributed by atoms with E-state index >= 15 is 0 Å². The van der Waals surface area contributed by atoms with Crippen molar-refractivity contribution < 1.29 is 9.53 Å². The van der Waals surface area contributed by atoms with Crippen LogP contribution in [0.15, 0.2) is 36.9 Å². The molecule has 1 N–H and O–H groups in total. The minimum absolute atomic E-state index is 0.0473. The van der Waals surface area contributed by atoms with Gasteiger partial charge in [-0.3, -0.25) is 14.8 Å². The fraction of sp³-hybridized carbons (Fsp3) is 0.412. The number of nitrogens with zero attached hydrogens (tertiary/aromatic N) is 3. The number of amides is 1. The highest BCUT2D eigenvalue weighted by molar-refractivity contribution is 5.95. The Morgan fingerprint density at radius 1 is 1.17 bits per heavy atom. The number of ether oxygens (including phenoxy) is 1. The number of carbonyl (C=O) groups is 1. The summed E-state index contributed by atoms with van der Waals surface area (Å²) in [5.74, 6) is 0.514. The molecule has 2 heterocycles. The molecule has 6 heteroatoms. The minimum Gasteiger partial charge on any atom is -0.473 e. The van der Waals surface area contributed by atoms with Gasteiger partial charge in [0.25, 0.3) is 5.91 Å². The molecular formula is C17H20N4O2. The average Bonchev–Trinajstić information content (AvgIpc) is 2.58. The third kappa shape index (κ3) is 4.03. The van der Waals surface area contributed by atoms with Crippen molar-refractivity contribution in [3.05, 3.63) is 48.2 Å². The monoisotopic (exact) mass is 312 g/mol. The van der Waals surface area contributed by atoms with Crippen LogP contribution in [0.1, 0.15) is 41.7 Å². The lowest BCUT2D eigenvalue weighted by molar-refractivity contribution is 0.0889. The summed E-state index contributed by atoms with van der Waals surface area (Å²) in [4.78, 5) is 24.6. The molecule has 3 rings (SSSR count). The van der Waals surface area contributed by atoms with Gasteiger partial charge < -0.3 is 10.1 Å². The summed E-state index contributed by atoms with van der Waals surface area (Å²) in [5.41, 5.74) is 1.40. The molecule has 6 nitrogen and oxygen atoms in total. The molecule has 2 aromatic rings. The average molecular weight is 312 g/mol. The smallest absolute Gasteiger partial charge is 0.253 e. The van der Waals surface area contributed by atoms with Crippen LogP contribution in [0.3, 0.4) is 0 Å². The molecule has 1 saturated carbocycles. The number of rotatable bonds is 4. The van der Waals surface area contributed by atoms with Gasteiger partial charge in [-0.05, 0) is 44.7 Å². The summed E-state index contributed by atoms with van der Waals surface area (Å²) >= 11 is 0. The zero-order valence-corrected chi connectivity index (χ0v) is 13.1. The second-order valence-corrected chi connectivity index (χ2v) is 5.74. The summed E-state index contributed by atoms with van der Waals surface area (Å²) in [6, 6.07) is 3.78. The van der Waals surface area contributed by atoms with Crippen molar-refractivity contribution in [2.24, 2.45) is 0 Å². The molecule has 120 valence electrons. The number of pyridine rings is 1. The number of carbonyl (C=O) groups excluding carboxylic acids is 1. The number of hydrogen-bond acceptors (Lipinski definition) is 5. The van der Waals surface area contributed by atoms with Crippen LogP contribution < -0.4 is 10.1 Å². The van der Waals surface area contributed by atoms with Crippen LogP contribution >= 0.6 is 0 Å². The number of aromatic nitrogens is 3. The first-order valence-corrected chi connectivity index (χ1v) is 7.87. The van der Waals surface area contributed by atoms with Crippen LogP contribution in [0, 0.1) is 6.92 Å². The molecule has 0 bridgehead atoms. The molecule has 1 amide bonds. The van der Waals surface area contributed by atoms with Crippen LogP contribution in [0.5, 0.6) is 5.88 Å². The number of aryl methyl sites for hydroxylation is 1. The predicted molar refractivity (Wildman–Crippen MR) is 85.1 cm³/mol. The SMILES string of the molecule is Cc1ncccc1C(=O)NC1CCC(Oc2cnccn2)CC1. The number of nitrogens with one attached hydrogen (secondary N) is 1. The van der Waals surface area contributed by atoms with Crippen molar-refractivity contribution in [3.63, 3.8) is 0 Å². The van der Waals surface area contributed by atoms with E-state index in [2.05, 4.69) is 20.3 Å². The third-order valence-electron chi connectivity index (χ3n) is 4.09. The highest BCUT2D eigenvalue weighted by atomic mass is 16.5. The molecule has 1 aliphatic rings. The van der Waals surface area contributed by atoms with E-state index in [1.54, 1.807) is 36.9 Å². The second kappa shape index (κ2) is 7.17. The Kier molecular flexibility index (Phi) is 4.80. The lowest BCUT2D eigenvalue weighted by atomic mass is 9.92. The first-order chi connectivity index (χ1) is 11.2. The van der Waals surface area contributed by atoms with E-state index in [-0.39, 0.29) is 18.1 Å². The van der Waals surface area contributed by atoms with E-state index in [1.807, 2.05) is 6.92 Å². The predicted octanol–water partition coefficient (Wildman–Crippen LogP) is 2.30. The Hall–Kier alpha value is -2.50. The van der Waals surface area contributed by atoms with E-state index in [9.17, 15) is 4.79 Å². The molecule has 2 aromatic heterocycles. The molecule has 23 heavy (non-hydrogen) atoms. The quantitative estimate of drug-likeness (QED) is 0.937. The fourth-order valence-corrected chi connectivity index (χ4v) is 2.83.